The first-order valence-electron chi connectivity index (χ1n) is 5.77. The maximum Gasteiger partial charge on any atom is 0.213 e. The van der Waals surface area contributed by atoms with Crippen molar-refractivity contribution in [2.75, 3.05) is 12.3 Å². The van der Waals surface area contributed by atoms with E-state index in [2.05, 4.69) is 11.6 Å². The molecule has 0 radical (unpaired) electrons. The standard InChI is InChI=1S/C10H22N2O2S/c1-2-9-3-5-10(6-4-9)12-15(13,14)8-7-11/h9-10,12H,2-8,11H2,1H3. The molecule has 5 heteroatoms. The average molecular weight is 234 g/mol. The Morgan fingerprint density at radius 1 is 1.27 bits per heavy atom. The molecule has 4 nitrogen and oxygen atoms in total. The highest BCUT2D eigenvalue weighted by molar-refractivity contribution is 7.89. The molecule has 0 atom stereocenters. The summed E-state index contributed by atoms with van der Waals surface area (Å²) in [5, 5.41) is 0. The topological polar surface area (TPSA) is 72.2 Å². The molecule has 0 aromatic heterocycles. The van der Waals surface area contributed by atoms with Gasteiger partial charge in [0, 0.05) is 12.6 Å². The van der Waals surface area contributed by atoms with Crippen LogP contribution in [0.5, 0.6) is 0 Å². The van der Waals surface area contributed by atoms with Crippen LogP contribution >= 0.6 is 0 Å². The molecule has 0 aliphatic heterocycles. The molecular formula is C10H22N2O2S. The van der Waals surface area contributed by atoms with Crippen LogP contribution in [-0.4, -0.2) is 26.8 Å². The molecule has 0 aromatic carbocycles. The highest BCUT2D eigenvalue weighted by Gasteiger charge is 2.23. The first kappa shape index (κ1) is 12.9. The van der Waals surface area contributed by atoms with Crippen LogP contribution in [-0.2, 0) is 10.0 Å². The average Bonchev–Trinajstić information content (AvgIpc) is 2.18. The third kappa shape index (κ3) is 4.49. The summed E-state index contributed by atoms with van der Waals surface area (Å²) in [7, 11) is -3.13. The lowest BCUT2D eigenvalue weighted by atomic mass is 9.85. The molecule has 1 aliphatic carbocycles. The number of nitrogens with one attached hydrogen (secondary N) is 1. The van der Waals surface area contributed by atoms with Crippen molar-refractivity contribution in [2.24, 2.45) is 11.7 Å². The second-order valence-corrected chi connectivity index (χ2v) is 6.22. The Balaban J connectivity index is 2.35. The van der Waals surface area contributed by atoms with E-state index in [1.165, 1.54) is 6.42 Å². The number of hydrogen-bond donors (Lipinski definition) is 2. The largest absolute Gasteiger partial charge is 0.329 e. The van der Waals surface area contributed by atoms with Crippen molar-refractivity contribution >= 4 is 10.0 Å². The highest BCUT2D eigenvalue weighted by atomic mass is 32.2. The van der Waals surface area contributed by atoms with Gasteiger partial charge in [0.15, 0.2) is 0 Å². The Hall–Kier alpha value is -0.130. The molecule has 3 N–H and O–H groups in total. The maximum atomic E-state index is 11.5. The quantitative estimate of drug-likeness (QED) is 0.740. The van der Waals surface area contributed by atoms with Crippen LogP contribution in [0.4, 0.5) is 0 Å². The lowest BCUT2D eigenvalue weighted by molar-refractivity contribution is 0.306. The number of hydrogen-bond acceptors (Lipinski definition) is 3. The molecule has 0 bridgehead atoms. The van der Waals surface area contributed by atoms with Gasteiger partial charge in [-0.05, 0) is 31.6 Å². The van der Waals surface area contributed by atoms with E-state index in [0.29, 0.717) is 0 Å². The van der Waals surface area contributed by atoms with Gasteiger partial charge in [-0.2, -0.15) is 0 Å². The van der Waals surface area contributed by atoms with E-state index in [4.69, 9.17) is 5.73 Å². The predicted octanol–water partition coefficient (Wildman–Crippen LogP) is 0.833. The Labute approximate surface area is 92.7 Å². The molecule has 90 valence electrons. The van der Waals surface area contributed by atoms with Gasteiger partial charge in [-0.25, -0.2) is 13.1 Å². The first-order chi connectivity index (χ1) is 7.07. The second kappa shape index (κ2) is 5.82. The molecule has 1 fully saturated rings. The molecule has 0 heterocycles. The zero-order valence-electron chi connectivity index (χ0n) is 9.41. The maximum absolute atomic E-state index is 11.5. The van der Waals surface area contributed by atoms with E-state index in [0.717, 1.165) is 31.6 Å². The fourth-order valence-corrected chi connectivity index (χ4v) is 3.33. The van der Waals surface area contributed by atoms with Crippen molar-refractivity contribution in [1.82, 2.24) is 4.72 Å². The van der Waals surface area contributed by atoms with Crippen molar-refractivity contribution in [3.05, 3.63) is 0 Å². The summed E-state index contributed by atoms with van der Waals surface area (Å²) in [5.41, 5.74) is 5.24. The van der Waals surface area contributed by atoms with Crippen LogP contribution in [0.25, 0.3) is 0 Å². The Morgan fingerprint density at radius 2 is 1.87 bits per heavy atom. The van der Waals surface area contributed by atoms with Crippen molar-refractivity contribution in [3.63, 3.8) is 0 Å². The number of sulfonamides is 1. The van der Waals surface area contributed by atoms with Gasteiger partial charge in [0.1, 0.15) is 0 Å². The molecule has 0 spiro atoms. The van der Waals surface area contributed by atoms with Gasteiger partial charge < -0.3 is 5.73 Å². The Kier molecular flexibility index (Phi) is 5.02. The monoisotopic (exact) mass is 234 g/mol. The molecular weight excluding hydrogens is 212 g/mol. The van der Waals surface area contributed by atoms with Gasteiger partial charge in [-0.1, -0.05) is 13.3 Å². The lowest BCUT2D eigenvalue weighted by Crippen LogP contribution is -2.40. The SMILES string of the molecule is CCC1CCC(NS(=O)(=O)CCN)CC1. The van der Waals surface area contributed by atoms with Crippen LogP contribution in [0.15, 0.2) is 0 Å². The summed E-state index contributed by atoms with van der Waals surface area (Å²) in [5.74, 6) is 0.834. The molecule has 1 saturated carbocycles. The predicted molar refractivity (Wildman–Crippen MR) is 62.0 cm³/mol. The van der Waals surface area contributed by atoms with Crippen molar-refractivity contribution in [1.29, 1.82) is 0 Å². The molecule has 0 unspecified atom stereocenters. The van der Waals surface area contributed by atoms with E-state index < -0.39 is 10.0 Å². The first-order valence-corrected chi connectivity index (χ1v) is 7.42. The minimum Gasteiger partial charge on any atom is -0.329 e. The van der Waals surface area contributed by atoms with Crippen molar-refractivity contribution in [3.8, 4) is 0 Å². The summed E-state index contributed by atoms with van der Waals surface area (Å²) < 4.78 is 25.7. The van der Waals surface area contributed by atoms with E-state index in [-0.39, 0.29) is 18.3 Å². The van der Waals surface area contributed by atoms with Crippen LogP contribution < -0.4 is 10.5 Å². The molecule has 15 heavy (non-hydrogen) atoms. The lowest BCUT2D eigenvalue weighted by Gasteiger charge is -2.28. The smallest absolute Gasteiger partial charge is 0.213 e. The fraction of sp³-hybridized carbons (Fsp3) is 1.00. The van der Waals surface area contributed by atoms with Crippen LogP contribution in [0.1, 0.15) is 39.0 Å². The van der Waals surface area contributed by atoms with E-state index >= 15 is 0 Å². The van der Waals surface area contributed by atoms with Crippen molar-refractivity contribution < 1.29 is 8.42 Å². The van der Waals surface area contributed by atoms with Gasteiger partial charge in [-0.15, -0.1) is 0 Å². The van der Waals surface area contributed by atoms with E-state index in [1.807, 2.05) is 0 Å². The fourth-order valence-electron chi connectivity index (χ4n) is 2.16. The molecule has 1 rings (SSSR count). The molecule has 0 amide bonds. The molecule has 1 aliphatic rings. The normalized spacial score (nSPS) is 27.9. The Bertz CT molecular complexity index is 269. The highest BCUT2D eigenvalue weighted by Crippen LogP contribution is 2.26. The van der Waals surface area contributed by atoms with Crippen LogP contribution in [0.3, 0.4) is 0 Å². The van der Waals surface area contributed by atoms with Gasteiger partial charge in [0.25, 0.3) is 0 Å². The minimum atomic E-state index is -3.13. The summed E-state index contributed by atoms with van der Waals surface area (Å²) in [6, 6.07) is 0.143. The third-order valence-electron chi connectivity index (χ3n) is 3.16. The third-order valence-corrected chi connectivity index (χ3v) is 4.62. The summed E-state index contributed by atoms with van der Waals surface area (Å²) >= 11 is 0. The van der Waals surface area contributed by atoms with Crippen molar-refractivity contribution in [2.45, 2.75) is 45.1 Å². The van der Waals surface area contributed by atoms with E-state index in [1.54, 1.807) is 0 Å². The van der Waals surface area contributed by atoms with Gasteiger partial charge in [0.2, 0.25) is 10.0 Å². The van der Waals surface area contributed by atoms with Crippen LogP contribution in [0, 0.1) is 5.92 Å². The zero-order valence-corrected chi connectivity index (χ0v) is 10.2. The Morgan fingerprint density at radius 3 is 2.33 bits per heavy atom. The van der Waals surface area contributed by atoms with Gasteiger partial charge >= 0.3 is 0 Å². The summed E-state index contributed by atoms with van der Waals surface area (Å²) in [4.78, 5) is 0. The molecule has 0 aromatic rings. The van der Waals surface area contributed by atoms with E-state index in [9.17, 15) is 8.42 Å². The summed E-state index contributed by atoms with van der Waals surface area (Å²) in [6.45, 7) is 2.39. The zero-order chi connectivity index (χ0) is 11.3. The van der Waals surface area contributed by atoms with Gasteiger partial charge in [0.05, 0.1) is 5.75 Å². The number of rotatable bonds is 5. The second-order valence-electron chi connectivity index (χ2n) is 4.35. The number of nitrogens with two attached hydrogens (primary N) is 1. The summed E-state index contributed by atoms with van der Waals surface area (Å²) in [6.07, 6.45) is 5.45. The molecule has 0 saturated heterocycles. The van der Waals surface area contributed by atoms with Gasteiger partial charge in [-0.3, -0.25) is 0 Å². The minimum absolute atomic E-state index is 0.0424. The van der Waals surface area contributed by atoms with Crippen LogP contribution in [0.2, 0.25) is 0 Å².